The molecule has 4 aromatic rings. The fourth-order valence-corrected chi connectivity index (χ4v) is 3.75. The maximum Gasteiger partial charge on any atom is 0.331 e. The van der Waals surface area contributed by atoms with Gasteiger partial charge in [-0.15, -0.1) is 0 Å². The summed E-state index contributed by atoms with van der Waals surface area (Å²) in [6, 6.07) is 12.3. The first-order valence-electron chi connectivity index (χ1n) is 9.19. The van der Waals surface area contributed by atoms with Crippen LogP contribution in [-0.2, 0) is 19.5 Å². The van der Waals surface area contributed by atoms with E-state index in [1.165, 1.54) is 10.5 Å². The number of nitrogens with zero attached hydrogens (tertiary/aromatic N) is 4. The van der Waals surface area contributed by atoms with Crippen molar-refractivity contribution in [2.24, 2.45) is 0 Å². The minimum atomic E-state index is -0.354. The molecule has 1 aliphatic rings. The molecular formula is C21H18FN5O. The van der Waals surface area contributed by atoms with Gasteiger partial charge in [0.15, 0.2) is 0 Å². The molecule has 3 aromatic heterocycles. The molecule has 0 fully saturated rings. The second-order valence-corrected chi connectivity index (χ2v) is 6.97. The van der Waals surface area contributed by atoms with Crippen LogP contribution in [-0.4, -0.2) is 30.8 Å². The molecule has 28 heavy (non-hydrogen) atoms. The van der Waals surface area contributed by atoms with E-state index in [2.05, 4.69) is 19.9 Å². The molecule has 7 heteroatoms. The molecule has 0 bridgehead atoms. The molecule has 5 rings (SSSR count). The van der Waals surface area contributed by atoms with Crippen molar-refractivity contribution in [3.63, 3.8) is 0 Å². The predicted molar refractivity (Wildman–Crippen MR) is 103 cm³/mol. The van der Waals surface area contributed by atoms with Gasteiger partial charge in [0.25, 0.3) is 0 Å². The first kappa shape index (κ1) is 16.8. The molecule has 1 N–H and O–H groups in total. The topological polar surface area (TPSA) is 66.3 Å². The molecule has 0 unspecified atom stereocenters. The van der Waals surface area contributed by atoms with Crippen LogP contribution in [0.1, 0.15) is 17.0 Å². The fourth-order valence-electron chi connectivity index (χ4n) is 3.75. The van der Waals surface area contributed by atoms with Gasteiger partial charge in [-0.25, -0.2) is 14.2 Å². The number of H-pyrrole nitrogens is 1. The molecule has 140 valence electrons. The Labute approximate surface area is 160 Å². The smallest absolute Gasteiger partial charge is 0.310 e. The first-order valence-corrected chi connectivity index (χ1v) is 9.19. The van der Waals surface area contributed by atoms with Crippen LogP contribution in [0.5, 0.6) is 0 Å². The first-order chi connectivity index (χ1) is 13.7. The number of fused-ring (bicyclic) bond motifs is 3. The Hall–Kier alpha value is -3.32. The van der Waals surface area contributed by atoms with Crippen LogP contribution < -0.4 is 5.69 Å². The number of imidazole rings is 1. The van der Waals surface area contributed by atoms with Crippen LogP contribution >= 0.6 is 0 Å². The number of aromatic nitrogens is 4. The number of nitrogens with one attached hydrogen (secondary N) is 1. The molecule has 4 heterocycles. The Balaban J connectivity index is 1.56. The van der Waals surface area contributed by atoms with E-state index < -0.39 is 0 Å². The lowest BCUT2D eigenvalue weighted by Crippen LogP contribution is -2.34. The lowest BCUT2D eigenvalue weighted by Gasteiger charge is -2.28. The number of hydrogen-bond acceptors (Lipinski definition) is 4. The Morgan fingerprint density at radius 1 is 1.14 bits per heavy atom. The molecule has 0 radical (unpaired) electrons. The van der Waals surface area contributed by atoms with Gasteiger partial charge in [-0.05, 0) is 24.3 Å². The third-order valence-electron chi connectivity index (χ3n) is 5.14. The van der Waals surface area contributed by atoms with Gasteiger partial charge in [0.05, 0.1) is 11.4 Å². The lowest BCUT2D eigenvalue weighted by molar-refractivity contribution is 0.241. The van der Waals surface area contributed by atoms with E-state index in [1.807, 2.05) is 18.2 Å². The Bertz CT molecular complexity index is 1210. The van der Waals surface area contributed by atoms with Crippen molar-refractivity contribution in [1.82, 2.24) is 24.3 Å². The number of hydrogen-bond donors (Lipinski definition) is 1. The fraction of sp³-hybridized carbons (Fsp3) is 0.190. The summed E-state index contributed by atoms with van der Waals surface area (Å²) in [5, 5.41) is 0. The Morgan fingerprint density at radius 3 is 2.82 bits per heavy atom. The number of aromatic amines is 1. The summed E-state index contributed by atoms with van der Waals surface area (Å²) < 4.78 is 15.7. The summed E-state index contributed by atoms with van der Waals surface area (Å²) in [6.07, 6.45) is 4.12. The number of halogens is 1. The van der Waals surface area contributed by atoms with Crippen LogP contribution in [0.15, 0.2) is 59.7 Å². The second-order valence-electron chi connectivity index (χ2n) is 6.97. The maximum atomic E-state index is 14.2. The molecule has 0 atom stereocenters. The van der Waals surface area contributed by atoms with E-state index in [0.29, 0.717) is 23.4 Å². The van der Waals surface area contributed by atoms with Crippen molar-refractivity contribution in [2.75, 3.05) is 6.54 Å². The summed E-state index contributed by atoms with van der Waals surface area (Å²) in [6.45, 7) is 2.21. The number of rotatable bonds is 3. The zero-order chi connectivity index (χ0) is 19.1. The van der Waals surface area contributed by atoms with Gasteiger partial charge in [0, 0.05) is 55.3 Å². The number of pyridine rings is 1. The van der Waals surface area contributed by atoms with Crippen molar-refractivity contribution in [1.29, 1.82) is 0 Å². The van der Waals surface area contributed by atoms with Crippen LogP contribution in [0, 0.1) is 5.82 Å². The number of benzene rings is 1. The standard InChI is InChI=1S/C21H18FN5O/c22-17-7-2-1-6-15(17)19-13-27-20(24-19)16-12-26(10-8-18(16)25-21(27)28)11-14-5-3-4-9-23-14/h1-7,9,13H,8,10-12H2,(H,25,28). The van der Waals surface area contributed by atoms with Crippen LogP contribution in [0.25, 0.3) is 16.9 Å². The van der Waals surface area contributed by atoms with Gasteiger partial charge in [-0.2, -0.15) is 0 Å². The molecule has 1 aromatic carbocycles. The van der Waals surface area contributed by atoms with Crippen LogP contribution in [0.4, 0.5) is 4.39 Å². The van der Waals surface area contributed by atoms with Gasteiger partial charge in [0.2, 0.25) is 0 Å². The van der Waals surface area contributed by atoms with Crippen molar-refractivity contribution >= 4 is 5.65 Å². The lowest BCUT2D eigenvalue weighted by atomic mass is 10.1. The van der Waals surface area contributed by atoms with E-state index in [1.54, 1.807) is 30.6 Å². The third-order valence-corrected chi connectivity index (χ3v) is 5.14. The largest absolute Gasteiger partial charge is 0.331 e. The van der Waals surface area contributed by atoms with Gasteiger partial charge in [-0.1, -0.05) is 18.2 Å². The molecule has 1 aliphatic heterocycles. The van der Waals surface area contributed by atoms with Gasteiger partial charge in [-0.3, -0.25) is 14.3 Å². The minimum Gasteiger partial charge on any atom is -0.310 e. The van der Waals surface area contributed by atoms with Crippen molar-refractivity contribution in [3.8, 4) is 11.3 Å². The summed E-state index contributed by atoms with van der Waals surface area (Å²) >= 11 is 0. The molecule has 0 amide bonds. The molecule has 6 nitrogen and oxygen atoms in total. The van der Waals surface area contributed by atoms with E-state index in [4.69, 9.17) is 0 Å². The van der Waals surface area contributed by atoms with Gasteiger partial charge < -0.3 is 4.98 Å². The summed E-state index contributed by atoms with van der Waals surface area (Å²) in [5.41, 5.74) is 4.07. The van der Waals surface area contributed by atoms with E-state index in [9.17, 15) is 9.18 Å². The summed E-state index contributed by atoms with van der Waals surface area (Å²) in [4.78, 5) is 26.8. The monoisotopic (exact) mass is 375 g/mol. The van der Waals surface area contributed by atoms with Crippen molar-refractivity contribution in [2.45, 2.75) is 19.5 Å². The third kappa shape index (κ3) is 2.90. The average molecular weight is 375 g/mol. The van der Waals surface area contributed by atoms with Crippen LogP contribution in [0.2, 0.25) is 0 Å². The zero-order valence-electron chi connectivity index (χ0n) is 15.1. The highest BCUT2D eigenvalue weighted by Crippen LogP contribution is 2.26. The predicted octanol–water partition coefficient (Wildman–Crippen LogP) is 2.78. The Kier molecular flexibility index (Phi) is 4.02. The second kappa shape index (κ2) is 6.69. The molecule has 0 aliphatic carbocycles. The summed E-state index contributed by atoms with van der Waals surface area (Å²) in [5.74, 6) is -0.354. The highest BCUT2D eigenvalue weighted by molar-refractivity contribution is 5.65. The highest BCUT2D eigenvalue weighted by atomic mass is 19.1. The van der Waals surface area contributed by atoms with E-state index >= 15 is 0 Å². The zero-order valence-corrected chi connectivity index (χ0v) is 15.1. The maximum absolute atomic E-state index is 14.2. The van der Waals surface area contributed by atoms with Crippen LogP contribution in [0.3, 0.4) is 0 Å². The quantitative estimate of drug-likeness (QED) is 0.598. The SMILES string of the molecule is O=c1[nH]c2c(c3nc(-c4ccccc4F)cn13)CN(Cc1ccccn1)CC2. The average Bonchev–Trinajstić information content (AvgIpc) is 3.16. The van der Waals surface area contributed by atoms with Crippen molar-refractivity contribution in [3.05, 3.63) is 88.1 Å². The van der Waals surface area contributed by atoms with Gasteiger partial charge in [0.1, 0.15) is 11.5 Å². The van der Waals surface area contributed by atoms with E-state index in [0.717, 1.165) is 36.5 Å². The van der Waals surface area contributed by atoms with Gasteiger partial charge >= 0.3 is 5.69 Å². The molecular weight excluding hydrogens is 357 g/mol. The normalized spacial score (nSPS) is 14.3. The summed E-state index contributed by atoms with van der Waals surface area (Å²) in [7, 11) is 0. The molecule has 0 saturated heterocycles. The molecule has 0 saturated carbocycles. The molecule has 0 spiro atoms. The minimum absolute atomic E-state index is 0.248. The van der Waals surface area contributed by atoms with Crippen molar-refractivity contribution < 1.29 is 4.39 Å². The highest BCUT2D eigenvalue weighted by Gasteiger charge is 2.23. The Morgan fingerprint density at radius 2 is 2.00 bits per heavy atom. The van der Waals surface area contributed by atoms with E-state index in [-0.39, 0.29) is 11.5 Å².